The second kappa shape index (κ2) is 10.3. The number of likely N-dealkylation sites (tertiary alicyclic amines) is 1. The zero-order valence-corrected chi connectivity index (χ0v) is 22.2. The molecular weight excluding hydrogens is 478 g/mol. The lowest BCUT2D eigenvalue weighted by Crippen LogP contribution is -2.43. The Morgan fingerprint density at radius 1 is 1.00 bits per heavy atom. The number of amidine groups is 1. The number of hydrogen-bond donors (Lipinski definition) is 1. The fourth-order valence-electron chi connectivity index (χ4n) is 4.74. The van der Waals surface area contributed by atoms with E-state index in [-0.39, 0.29) is 16.7 Å². The number of carbonyl (C=O) groups excluding carboxylic acids is 1. The van der Waals surface area contributed by atoms with Crippen molar-refractivity contribution in [2.75, 3.05) is 27.3 Å². The van der Waals surface area contributed by atoms with Crippen LogP contribution in [-0.2, 0) is 21.4 Å². The predicted octanol–water partition coefficient (Wildman–Crippen LogP) is 3.82. The predicted molar refractivity (Wildman–Crippen MR) is 141 cm³/mol. The molecule has 0 bridgehead atoms. The normalized spacial score (nSPS) is 17.7. The van der Waals surface area contributed by atoms with Gasteiger partial charge in [0.25, 0.3) is 10.0 Å². The van der Waals surface area contributed by atoms with Gasteiger partial charge in [0, 0.05) is 31.1 Å². The fourth-order valence-corrected chi connectivity index (χ4v) is 6.22. The summed E-state index contributed by atoms with van der Waals surface area (Å²) in [5.41, 5.74) is 4.40. The molecule has 8 nitrogen and oxygen atoms in total. The number of rotatable bonds is 6. The first-order valence-electron chi connectivity index (χ1n) is 12.0. The van der Waals surface area contributed by atoms with E-state index in [4.69, 9.17) is 9.47 Å². The number of carbonyl (C=O) groups is 1. The average Bonchev–Trinajstić information content (AvgIpc) is 3.12. The number of piperidine rings is 1. The molecule has 0 aromatic heterocycles. The molecular formula is C27H33N3O5S. The molecule has 0 unspecified atom stereocenters. The number of nitrogens with one attached hydrogen (secondary N) is 1. The summed E-state index contributed by atoms with van der Waals surface area (Å²) < 4.78 is 40.6. The molecule has 1 N–H and O–H groups in total. The number of aryl methyl sites for hydroxylation is 2. The maximum atomic E-state index is 12.9. The summed E-state index contributed by atoms with van der Waals surface area (Å²) in [6, 6.07) is 11.2. The monoisotopic (exact) mass is 511 g/mol. The molecule has 2 aromatic carbocycles. The lowest BCUT2D eigenvalue weighted by atomic mass is 9.95. The summed E-state index contributed by atoms with van der Waals surface area (Å²) >= 11 is 0. The molecule has 2 heterocycles. The van der Waals surface area contributed by atoms with Crippen LogP contribution in [0.4, 0.5) is 0 Å². The van der Waals surface area contributed by atoms with Crippen molar-refractivity contribution in [3.63, 3.8) is 0 Å². The number of benzene rings is 2. The smallest absolute Gasteiger partial charge is 0.285 e. The molecule has 1 fully saturated rings. The van der Waals surface area contributed by atoms with E-state index in [0.29, 0.717) is 60.9 Å². The van der Waals surface area contributed by atoms with Crippen LogP contribution in [0.1, 0.15) is 42.0 Å². The molecule has 0 saturated carbocycles. The van der Waals surface area contributed by atoms with Crippen LogP contribution in [0.2, 0.25) is 0 Å². The fraction of sp³-hybridized carbons (Fsp3) is 0.407. The second-order valence-corrected chi connectivity index (χ2v) is 10.9. The minimum absolute atomic E-state index is 0.00602. The number of hydrogen-bond acceptors (Lipinski definition) is 6. The Hall–Kier alpha value is -3.33. The summed E-state index contributed by atoms with van der Waals surface area (Å²) in [4.78, 5) is 15.1. The Labute approximate surface area is 213 Å². The highest BCUT2D eigenvalue weighted by Crippen LogP contribution is 2.35. The molecule has 9 heteroatoms. The Morgan fingerprint density at radius 3 is 2.33 bits per heavy atom. The van der Waals surface area contributed by atoms with Crippen molar-refractivity contribution in [3.8, 4) is 11.5 Å². The maximum Gasteiger partial charge on any atom is 0.285 e. The standard InChI is InChI=1S/C27H33N3O5S/c1-17-6-8-22(14-18(17)2)25-19(3)26(29-36(25,32)33)30-12-10-21(11-13-30)27(31)28-16-20-7-9-23(34-4)24(15-20)35-5/h6-9,14-15,21H,10-13,16H2,1-5H3,(H,28,31). The number of nitrogens with zero attached hydrogens (tertiary/aromatic N) is 2. The lowest BCUT2D eigenvalue weighted by molar-refractivity contribution is -0.126. The minimum Gasteiger partial charge on any atom is -0.493 e. The van der Waals surface area contributed by atoms with Gasteiger partial charge in [-0.3, -0.25) is 4.79 Å². The first kappa shape index (κ1) is 25.8. The molecule has 1 saturated heterocycles. The van der Waals surface area contributed by atoms with E-state index in [0.717, 1.165) is 16.7 Å². The third kappa shape index (κ3) is 5.11. The largest absolute Gasteiger partial charge is 0.493 e. The van der Waals surface area contributed by atoms with Crippen LogP contribution >= 0.6 is 0 Å². The van der Waals surface area contributed by atoms with Crippen molar-refractivity contribution >= 4 is 26.7 Å². The van der Waals surface area contributed by atoms with Crippen LogP contribution < -0.4 is 14.8 Å². The number of ether oxygens (including phenoxy) is 2. The zero-order valence-electron chi connectivity index (χ0n) is 21.4. The second-order valence-electron chi connectivity index (χ2n) is 9.31. The van der Waals surface area contributed by atoms with Gasteiger partial charge in [-0.2, -0.15) is 8.42 Å². The van der Waals surface area contributed by atoms with Gasteiger partial charge in [0.05, 0.1) is 14.2 Å². The van der Waals surface area contributed by atoms with Gasteiger partial charge in [0.2, 0.25) is 5.91 Å². The van der Waals surface area contributed by atoms with Crippen molar-refractivity contribution < 1.29 is 22.7 Å². The first-order valence-corrected chi connectivity index (χ1v) is 13.5. The van der Waals surface area contributed by atoms with Crippen molar-refractivity contribution in [2.45, 2.75) is 40.2 Å². The molecule has 2 aliphatic heterocycles. The topological polar surface area (TPSA) is 97.3 Å². The van der Waals surface area contributed by atoms with Crippen LogP contribution in [0.3, 0.4) is 0 Å². The Kier molecular flexibility index (Phi) is 7.40. The maximum absolute atomic E-state index is 12.9. The molecule has 192 valence electrons. The van der Waals surface area contributed by atoms with Crippen molar-refractivity contribution in [2.24, 2.45) is 10.3 Å². The number of sulfonamides is 1. The summed E-state index contributed by atoms with van der Waals surface area (Å²) in [5.74, 6) is 1.61. The van der Waals surface area contributed by atoms with Gasteiger partial charge >= 0.3 is 0 Å². The van der Waals surface area contributed by atoms with Crippen LogP contribution in [0.25, 0.3) is 4.91 Å². The highest BCUT2D eigenvalue weighted by molar-refractivity contribution is 8.00. The van der Waals surface area contributed by atoms with Gasteiger partial charge < -0.3 is 19.7 Å². The Balaban J connectivity index is 1.39. The highest BCUT2D eigenvalue weighted by atomic mass is 32.2. The molecule has 36 heavy (non-hydrogen) atoms. The average molecular weight is 512 g/mol. The Bertz CT molecular complexity index is 1340. The number of methoxy groups -OCH3 is 2. The van der Waals surface area contributed by atoms with Crippen LogP contribution in [-0.4, -0.2) is 52.4 Å². The number of amides is 1. The molecule has 1 amide bonds. The van der Waals surface area contributed by atoms with Gasteiger partial charge in [-0.25, -0.2) is 0 Å². The van der Waals surface area contributed by atoms with Crippen molar-refractivity contribution in [3.05, 3.63) is 64.2 Å². The van der Waals surface area contributed by atoms with Crippen molar-refractivity contribution in [1.82, 2.24) is 10.2 Å². The third-order valence-corrected chi connectivity index (χ3v) is 8.46. The lowest BCUT2D eigenvalue weighted by Gasteiger charge is -2.32. The van der Waals surface area contributed by atoms with Crippen LogP contribution in [0.5, 0.6) is 11.5 Å². The summed E-state index contributed by atoms with van der Waals surface area (Å²) in [7, 11) is -0.608. The first-order chi connectivity index (χ1) is 17.1. The van der Waals surface area contributed by atoms with E-state index in [1.807, 2.05) is 62.1 Å². The van der Waals surface area contributed by atoms with Gasteiger partial charge in [0.1, 0.15) is 10.7 Å². The van der Waals surface area contributed by atoms with E-state index < -0.39 is 10.0 Å². The van der Waals surface area contributed by atoms with Crippen LogP contribution in [0.15, 0.2) is 46.4 Å². The zero-order chi connectivity index (χ0) is 26.0. The van der Waals surface area contributed by atoms with E-state index in [9.17, 15) is 13.2 Å². The molecule has 2 aliphatic rings. The molecule has 0 atom stereocenters. The Morgan fingerprint density at radius 2 is 1.69 bits per heavy atom. The summed E-state index contributed by atoms with van der Waals surface area (Å²) in [5, 5.41) is 3.01. The van der Waals surface area contributed by atoms with E-state index >= 15 is 0 Å². The SMILES string of the molecule is COc1ccc(CNC(=O)C2CCN(C3=NS(=O)(=O)C(c4ccc(C)c(C)c4)=C3C)CC2)cc1OC. The van der Waals surface area contributed by atoms with Gasteiger partial charge in [-0.15, -0.1) is 4.40 Å². The van der Waals surface area contributed by atoms with E-state index in [1.165, 1.54) is 0 Å². The summed E-state index contributed by atoms with van der Waals surface area (Å²) in [6.45, 7) is 7.32. The molecule has 2 aromatic rings. The quantitative estimate of drug-likeness (QED) is 0.633. The third-order valence-electron chi connectivity index (χ3n) is 6.99. The molecule has 0 aliphatic carbocycles. The summed E-state index contributed by atoms with van der Waals surface area (Å²) in [6.07, 6.45) is 1.26. The highest BCUT2D eigenvalue weighted by Gasteiger charge is 2.35. The van der Waals surface area contributed by atoms with E-state index in [2.05, 4.69) is 9.71 Å². The van der Waals surface area contributed by atoms with Gasteiger partial charge in [0.15, 0.2) is 11.5 Å². The van der Waals surface area contributed by atoms with E-state index in [1.54, 1.807) is 14.2 Å². The minimum atomic E-state index is -3.77. The molecule has 0 spiro atoms. The van der Waals surface area contributed by atoms with Crippen LogP contribution in [0, 0.1) is 19.8 Å². The molecule has 0 radical (unpaired) electrons. The van der Waals surface area contributed by atoms with Gasteiger partial charge in [-0.05, 0) is 68.0 Å². The van der Waals surface area contributed by atoms with Crippen molar-refractivity contribution in [1.29, 1.82) is 0 Å². The van der Waals surface area contributed by atoms with Gasteiger partial charge in [-0.1, -0.05) is 24.3 Å². The molecule has 4 rings (SSSR count).